The average molecular weight is 274 g/mol. The maximum atomic E-state index is 12.3. The Morgan fingerprint density at radius 1 is 1.40 bits per heavy atom. The molecule has 2 fully saturated rings. The number of rotatable bonds is 3. The number of hydrogen-bond acceptors (Lipinski definition) is 3. The van der Waals surface area contributed by atoms with E-state index in [1.165, 1.54) is 25.7 Å². The molecule has 1 aromatic rings. The van der Waals surface area contributed by atoms with Crippen molar-refractivity contribution in [1.29, 1.82) is 0 Å². The molecule has 4 atom stereocenters. The summed E-state index contributed by atoms with van der Waals surface area (Å²) in [6.45, 7) is 1.58. The van der Waals surface area contributed by atoms with Crippen molar-refractivity contribution < 1.29 is 4.79 Å². The van der Waals surface area contributed by atoms with Gasteiger partial charge >= 0.3 is 0 Å². The molecule has 2 aliphatic carbocycles. The predicted molar refractivity (Wildman–Crippen MR) is 74.9 cm³/mol. The molecule has 0 aromatic carbocycles. The molecule has 108 valence electrons. The summed E-state index contributed by atoms with van der Waals surface area (Å²) >= 11 is 0. The minimum atomic E-state index is -0.121. The molecule has 0 radical (unpaired) electrons. The highest BCUT2D eigenvalue weighted by Crippen LogP contribution is 2.47. The summed E-state index contributed by atoms with van der Waals surface area (Å²) in [5, 5.41) is 6.45. The van der Waals surface area contributed by atoms with Gasteiger partial charge in [-0.3, -0.25) is 10.1 Å². The summed E-state index contributed by atoms with van der Waals surface area (Å²) < 4.78 is 0. The predicted octanol–water partition coefficient (Wildman–Crippen LogP) is 0.976. The standard InChI is InChI=1S/C15H22N4O/c20-15(13-5-12-14(7-16-13)19-8-18-12)17-6-11-4-9-1-2-10(11)3-9/h8-11,13,16H,1-7H2,(H,17,20)(H,18,19). The lowest BCUT2D eigenvalue weighted by Gasteiger charge is -2.25. The van der Waals surface area contributed by atoms with Gasteiger partial charge in [0.05, 0.1) is 23.8 Å². The highest BCUT2D eigenvalue weighted by Gasteiger charge is 2.39. The van der Waals surface area contributed by atoms with Gasteiger partial charge in [-0.05, 0) is 37.0 Å². The van der Waals surface area contributed by atoms with Gasteiger partial charge in [0.2, 0.25) is 5.91 Å². The Morgan fingerprint density at radius 2 is 2.35 bits per heavy atom. The van der Waals surface area contributed by atoms with E-state index < -0.39 is 0 Å². The average Bonchev–Trinajstić information content (AvgIpc) is 3.19. The summed E-state index contributed by atoms with van der Waals surface area (Å²) in [5.74, 6) is 2.68. The second-order valence-corrected chi connectivity index (χ2v) is 6.65. The number of nitrogens with zero attached hydrogens (tertiary/aromatic N) is 1. The molecule has 20 heavy (non-hydrogen) atoms. The zero-order chi connectivity index (χ0) is 13.5. The van der Waals surface area contributed by atoms with E-state index in [9.17, 15) is 4.79 Å². The molecule has 3 N–H and O–H groups in total. The van der Waals surface area contributed by atoms with Crippen LogP contribution in [0.3, 0.4) is 0 Å². The van der Waals surface area contributed by atoms with Crippen LogP contribution in [-0.4, -0.2) is 28.5 Å². The number of fused-ring (bicyclic) bond motifs is 3. The maximum Gasteiger partial charge on any atom is 0.237 e. The third kappa shape index (κ3) is 2.14. The molecule has 0 spiro atoms. The quantitative estimate of drug-likeness (QED) is 0.769. The molecule has 2 saturated carbocycles. The van der Waals surface area contributed by atoms with Gasteiger partial charge in [-0.2, -0.15) is 0 Å². The highest BCUT2D eigenvalue weighted by atomic mass is 16.2. The first-order chi connectivity index (χ1) is 9.79. The molecule has 2 bridgehead atoms. The van der Waals surface area contributed by atoms with Gasteiger partial charge in [0.15, 0.2) is 0 Å². The number of hydrogen-bond donors (Lipinski definition) is 3. The first-order valence-electron chi connectivity index (χ1n) is 7.82. The van der Waals surface area contributed by atoms with Crippen molar-refractivity contribution in [3.8, 4) is 0 Å². The lowest BCUT2D eigenvalue weighted by Crippen LogP contribution is -2.48. The van der Waals surface area contributed by atoms with Crippen LogP contribution in [0, 0.1) is 17.8 Å². The monoisotopic (exact) mass is 274 g/mol. The molecule has 3 aliphatic rings. The van der Waals surface area contributed by atoms with Crippen molar-refractivity contribution in [1.82, 2.24) is 20.6 Å². The van der Waals surface area contributed by atoms with E-state index in [-0.39, 0.29) is 11.9 Å². The van der Waals surface area contributed by atoms with Crippen LogP contribution in [-0.2, 0) is 17.8 Å². The smallest absolute Gasteiger partial charge is 0.237 e. The normalized spacial score (nSPS) is 35.0. The maximum absolute atomic E-state index is 12.3. The van der Waals surface area contributed by atoms with Gasteiger partial charge < -0.3 is 10.3 Å². The van der Waals surface area contributed by atoms with Crippen LogP contribution in [0.1, 0.15) is 37.1 Å². The van der Waals surface area contributed by atoms with Crippen LogP contribution in [0.15, 0.2) is 6.33 Å². The van der Waals surface area contributed by atoms with Crippen molar-refractivity contribution in [3.63, 3.8) is 0 Å². The number of H-pyrrole nitrogens is 1. The zero-order valence-electron chi connectivity index (χ0n) is 11.7. The number of aromatic nitrogens is 2. The van der Waals surface area contributed by atoms with Crippen molar-refractivity contribution in [2.75, 3.05) is 6.54 Å². The summed E-state index contributed by atoms with van der Waals surface area (Å²) in [5.41, 5.74) is 2.14. The first-order valence-corrected chi connectivity index (χ1v) is 7.82. The fourth-order valence-electron chi connectivity index (χ4n) is 4.34. The van der Waals surface area contributed by atoms with Gasteiger partial charge in [-0.15, -0.1) is 0 Å². The summed E-state index contributed by atoms with van der Waals surface area (Å²) in [6.07, 6.45) is 7.93. The first kappa shape index (κ1) is 12.4. The van der Waals surface area contributed by atoms with E-state index in [1.807, 2.05) is 0 Å². The van der Waals surface area contributed by atoms with Gasteiger partial charge in [0.1, 0.15) is 0 Å². The lowest BCUT2D eigenvalue weighted by atomic mass is 9.89. The van der Waals surface area contributed by atoms with Crippen LogP contribution in [0.5, 0.6) is 0 Å². The Hall–Kier alpha value is -1.36. The molecule has 4 rings (SSSR count). The Labute approximate surface area is 118 Å². The highest BCUT2D eigenvalue weighted by molar-refractivity contribution is 5.82. The Morgan fingerprint density at radius 3 is 3.15 bits per heavy atom. The number of amides is 1. The van der Waals surface area contributed by atoms with Crippen molar-refractivity contribution in [2.45, 2.75) is 44.7 Å². The zero-order valence-corrected chi connectivity index (χ0v) is 11.7. The molecule has 5 nitrogen and oxygen atoms in total. The topological polar surface area (TPSA) is 69.8 Å². The van der Waals surface area contributed by atoms with E-state index in [2.05, 4.69) is 20.6 Å². The number of imidazole rings is 1. The third-order valence-corrected chi connectivity index (χ3v) is 5.47. The summed E-state index contributed by atoms with van der Waals surface area (Å²) in [4.78, 5) is 19.7. The van der Waals surface area contributed by atoms with Gasteiger partial charge in [0, 0.05) is 19.5 Å². The second kappa shape index (κ2) is 4.88. The van der Waals surface area contributed by atoms with Gasteiger partial charge in [0.25, 0.3) is 0 Å². The molecular weight excluding hydrogens is 252 g/mol. The summed E-state index contributed by atoms with van der Waals surface area (Å²) in [6, 6.07) is -0.121. The minimum absolute atomic E-state index is 0.121. The van der Waals surface area contributed by atoms with E-state index in [1.54, 1.807) is 6.33 Å². The minimum Gasteiger partial charge on any atom is -0.354 e. The Kier molecular flexibility index (Phi) is 3.02. The molecule has 1 aromatic heterocycles. The van der Waals surface area contributed by atoms with E-state index in [0.717, 1.165) is 35.7 Å². The van der Waals surface area contributed by atoms with Crippen LogP contribution in [0.2, 0.25) is 0 Å². The van der Waals surface area contributed by atoms with Crippen LogP contribution in [0.4, 0.5) is 0 Å². The van der Waals surface area contributed by atoms with Crippen molar-refractivity contribution in [3.05, 3.63) is 17.7 Å². The number of nitrogens with one attached hydrogen (secondary N) is 3. The SMILES string of the molecule is O=C(NCC1CC2CCC1C2)C1Cc2nc[nH]c2CN1. The molecule has 0 saturated heterocycles. The fraction of sp³-hybridized carbons (Fsp3) is 0.733. The number of carbonyl (C=O) groups excluding carboxylic acids is 1. The summed E-state index contributed by atoms with van der Waals surface area (Å²) in [7, 11) is 0. The largest absolute Gasteiger partial charge is 0.354 e. The van der Waals surface area contributed by atoms with Crippen LogP contribution >= 0.6 is 0 Å². The molecule has 1 amide bonds. The Bertz CT molecular complexity index is 512. The van der Waals surface area contributed by atoms with E-state index >= 15 is 0 Å². The molecule has 4 unspecified atom stereocenters. The number of carbonyl (C=O) groups is 1. The Balaban J connectivity index is 1.31. The molecular formula is C15H22N4O. The van der Waals surface area contributed by atoms with Crippen LogP contribution < -0.4 is 10.6 Å². The molecule has 2 heterocycles. The second-order valence-electron chi connectivity index (χ2n) is 6.65. The third-order valence-electron chi connectivity index (χ3n) is 5.47. The van der Waals surface area contributed by atoms with Gasteiger partial charge in [-0.25, -0.2) is 4.98 Å². The fourth-order valence-corrected chi connectivity index (χ4v) is 4.34. The van der Waals surface area contributed by atoms with Crippen molar-refractivity contribution >= 4 is 5.91 Å². The lowest BCUT2D eigenvalue weighted by molar-refractivity contribution is -0.123. The molecule has 5 heteroatoms. The van der Waals surface area contributed by atoms with Crippen LogP contribution in [0.25, 0.3) is 0 Å². The van der Waals surface area contributed by atoms with Crippen molar-refractivity contribution in [2.24, 2.45) is 17.8 Å². The van der Waals surface area contributed by atoms with E-state index in [4.69, 9.17) is 0 Å². The van der Waals surface area contributed by atoms with Gasteiger partial charge in [-0.1, -0.05) is 6.42 Å². The molecule has 1 aliphatic heterocycles. The van der Waals surface area contributed by atoms with E-state index in [0.29, 0.717) is 13.0 Å². The number of aromatic amines is 1.